The zero-order valence-electron chi connectivity index (χ0n) is 15.9. The molecule has 0 atom stereocenters. The topological polar surface area (TPSA) is 84.5 Å². The van der Waals surface area contributed by atoms with Crippen LogP contribution >= 0.6 is 0 Å². The summed E-state index contributed by atoms with van der Waals surface area (Å²) in [4.78, 5) is 36.8. The van der Waals surface area contributed by atoms with E-state index in [0.717, 1.165) is 31.2 Å². The highest BCUT2D eigenvalue weighted by atomic mass is 16.5. The number of rotatable bonds is 6. The Morgan fingerprint density at radius 2 is 1.79 bits per heavy atom. The normalized spacial score (nSPS) is 13.8. The van der Waals surface area contributed by atoms with Gasteiger partial charge in [-0.3, -0.25) is 9.59 Å². The number of hydrogen-bond acceptors (Lipinski definition) is 4. The molecule has 146 valence electrons. The van der Waals surface area contributed by atoms with Gasteiger partial charge in [-0.2, -0.15) is 0 Å². The van der Waals surface area contributed by atoms with Crippen LogP contribution in [0.2, 0.25) is 0 Å². The zero-order chi connectivity index (χ0) is 19.9. The molecule has 0 aliphatic heterocycles. The Labute approximate surface area is 164 Å². The van der Waals surface area contributed by atoms with Crippen molar-refractivity contribution >= 4 is 23.5 Å². The van der Waals surface area contributed by atoms with Gasteiger partial charge in [-0.05, 0) is 44.0 Å². The number of para-hydroxylation sites is 1. The summed E-state index contributed by atoms with van der Waals surface area (Å²) in [7, 11) is 0. The van der Waals surface area contributed by atoms with Crippen LogP contribution in [0, 0.1) is 6.92 Å². The number of ether oxygens (including phenoxy) is 1. The number of nitrogens with one attached hydrogen (secondary N) is 2. The van der Waals surface area contributed by atoms with Gasteiger partial charge in [-0.15, -0.1) is 0 Å². The lowest BCUT2D eigenvalue weighted by Crippen LogP contribution is -2.33. The third-order valence-electron chi connectivity index (χ3n) is 4.72. The minimum absolute atomic E-state index is 0.187. The highest BCUT2D eigenvalue weighted by Crippen LogP contribution is 2.20. The second kappa shape index (κ2) is 9.17. The molecule has 2 N–H and O–H groups in total. The highest BCUT2D eigenvalue weighted by molar-refractivity contribution is 6.04. The van der Waals surface area contributed by atoms with Crippen LogP contribution in [0.3, 0.4) is 0 Å². The van der Waals surface area contributed by atoms with E-state index in [9.17, 15) is 14.4 Å². The average Bonchev–Trinajstić information content (AvgIpc) is 3.19. The van der Waals surface area contributed by atoms with Gasteiger partial charge in [0.1, 0.15) is 0 Å². The van der Waals surface area contributed by atoms with Gasteiger partial charge in [0.2, 0.25) is 0 Å². The Hall–Kier alpha value is -3.15. The summed E-state index contributed by atoms with van der Waals surface area (Å²) in [6.07, 6.45) is 4.20. The fourth-order valence-corrected chi connectivity index (χ4v) is 3.30. The number of carbonyl (C=O) groups excluding carboxylic acids is 3. The van der Waals surface area contributed by atoms with Gasteiger partial charge >= 0.3 is 5.97 Å². The number of esters is 1. The van der Waals surface area contributed by atoms with E-state index >= 15 is 0 Å². The second-order valence-electron chi connectivity index (χ2n) is 6.99. The van der Waals surface area contributed by atoms with Crippen molar-refractivity contribution in [3.8, 4) is 0 Å². The SMILES string of the molecule is Cc1cccc(C(=O)OCC(=O)Nc2ccccc2C(=O)NC2CCCC2)c1. The average molecular weight is 380 g/mol. The number of aryl methyl sites for hydroxylation is 1. The lowest BCUT2D eigenvalue weighted by molar-refractivity contribution is -0.119. The van der Waals surface area contributed by atoms with Crippen molar-refractivity contribution < 1.29 is 19.1 Å². The standard InChI is InChI=1S/C22H24N2O4/c1-15-7-6-8-16(13-15)22(27)28-14-20(25)24-19-12-5-4-11-18(19)21(26)23-17-9-2-3-10-17/h4-8,11-13,17H,2-3,9-10,14H2,1H3,(H,23,26)(H,24,25). The summed E-state index contributed by atoms with van der Waals surface area (Å²) < 4.78 is 5.07. The molecule has 6 heteroatoms. The van der Waals surface area contributed by atoms with Crippen LogP contribution in [0.5, 0.6) is 0 Å². The van der Waals surface area contributed by atoms with Crippen molar-refractivity contribution in [2.24, 2.45) is 0 Å². The molecule has 2 aromatic carbocycles. The minimum atomic E-state index is -0.564. The van der Waals surface area contributed by atoms with Gasteiger partial charge < -0.3 is 15.4 Å². The van der Waals surface area contributed by atoms with Gasteiger partial charge in [-0.25, -0.2) is 4.79 Å². The van der Waals surface area contributed by atoms with Crippen molar-refractivity contribution in [2.45, 2.75) is 38.6 Å². The summed E-state index contributed by atoms with van der Waals surface area (Å²) in [5, 5.41) is 5.67. The monoisotopic (exact) mass is 380 g/mol. The maximum atomic E-state index is 12.5. The number of hydrogen-bond donors (Lipinski definition) is 2. The predicted molar refractivity (Wildman–Crippen MR) is 106 cm³/mol. The molecule has 3 rings (SSSR count). The van der Waals surface area contributed by atoms with Crippen LogP contribution in [0.25, 0.3) is 0 Å². The molecule has 0 radical (unpaired) electrons. The minimum Gasteiger partial charge on any atom is -0.452 e. The van der Waals surface area contributed by atoms with Crippen LogP contribution in [-0.4, -0.2) is 30.4 Å². The predicted octanol–water partition coefficient (Wildman–Crippen LogP) is 3.46. The third-order valence-corrected chi connectivity index (χ3v) is 4.72. The van der Waals surface area contributed by atoms with Crippen molar-refractivity contribution in [2.75, 3.05) is 11.9 Å². The second-order valence-corrected chi connectivity index (χ2v) is 6.99. The van der Waals surface area contributed by atoms with Gasteiger partial charge in [0.15, 0.2) is 6.61 Å². The molecule has 28 heavy (non-hydrogen) atoms. The summed E-state index contributed by atoms with van der Waals surface area (Å²) >= 11 is 0. The summed E-state index contributed by atoms with van der Waals surface area (Å²) in [6, 6.07) is 14.0. The van der Waals surface area contributed by atoms with Crippen LogP contribution in [-0.2, 0) is 9.53 Å². The first-order valence-electron chi connectivity index (χ1n) is 9.46. The largest absolute Gasteiger partial charge is 0.452 e. The van der Waals surface area contributed by atoms with Gasteiger partial charge in [-0.1, -0.05) is 42.7 Å². The molecule has 6 nitrogen and oxygen atoms in total. The molecule has 1 fully saturated rings. The molecule has 1 aliphatic carbocycles. The molecule has 2 aromatic rings. The first-order chi connectivity index (χ1) is 13.5. The quantitative estimate of drug-likeness (QED) is 0.752. The van der Waals surface area contributed by atoms with E-state index in [2.05, 4.69) is 10.6 Å². The summed E-state index contributed by atoms with van der Waals surface area (Å²) in [5.74, 6) is -1.27. The number of amides is 2. The molecule has 0 heterocycles. The molecule has 2 amide bonds. The number of benzene rings is 2. The molecule has 1 aliphatic rings. The summed E-state index contributed by atoms with van der Waals surface area (Å²) in [6.45, 7) is 1.45. The lowest BCUT2D eigenvalue weighted by atomic mass is 10.1. The maximum absolute atomic E-state index is 12.5. The van der Waals surface area contributed by atoms with E-state index in [1.807, 2.05) is 13.0 Å². The van der Waals surface area contributed by atoms with Crippen molar-refractivity contribution in [1.82, 2.24) is 5.32 Å². The molecular formula is C22H24N2O4. The van der Waals surface area contributed by atoms with E-state index in [-0.39, 0.29) is 11.9 Å². The van der Waals surface area contributed by atoms with E-state index in [1.165, 1.54) is 0 Å². The zero-order valence-corrected chi connectivity index (χ0v) is 15.9. The van der Waals surface area contributed by atoms with E-state index in [4.69, 9.17) is 4.74 Å². The van der Waals surface area contributed by atoms with E-state index in [1.54, 1.807) is 42.5 Å². The van der Waals surface area contributed by atoms with E-state index in [0.29, 0.717) is 16.8 Å². The Bertz CT molecular complexity index is 872. The first kappa shape index (κ1) is 19.6. The molecular weight excluding hydrogens is 356 g/mol. The number of anilines is 1. The van der Waals surface area contributed by atoms with Crippen molar-refractivity contribution in [3.63, 3.8) is 0 Å². The first-order valence-corrected chi connectivity index (χ1v) is 9.46. The highest BCUT2D eigenvalue weighted by Gasteiger charge is 2.20. The Morgan fingerprint density at radius 1 is 1.04 bits per heavy atom. The fraction of sp³-hybridized carbons (Fsp3) is 0.318. The Morgan fingerprint density at radius 3 is 2.54 bits per heavy atom. The van der Waals surface area contributed by atoms with Crippen LogP contribution in [0.15, 0.2) is 48.5 Å². The smallest absolute Gasteiger partial charge is 0.338 e. The molecule has 0 unspecified atom stereocenters. The molecule has 0 aromatic heterocycles. The van der Waals surface area contributed by atoms with E-state index < -0.39 is 18.5 Å². The molecule has 0 spiro atoms. The van der Waals surface area contributed by atoms with Gasteiger partial charge in [0.05, 0.1) is 16.8 Å². The van der Waals surface area contributed by atoms with Gasteiger partial charge in [0, 0.05) is 6.04 Å². The molecule has 1 saturated carbocycles. The van der Waals surface area contributed by atoms with Crippen molar-refractivity contribution in [1.29, 1.82) is 0 Å². The Balaban J connectivity index is 1.58. The van der Waals surface area contributed by atoms with Gasteiger partial charge in [0.25, 0.3) is 11.8 Å². The fourth-order valence-electron chi connectivity index (χ4n) is 3.30. The molecule has 0 bridgehead atoms. The van der Waals surface area contributed by atoms with Crippen LogP contribution in [0.1, 0.15) is 52.0 Å². The number of carbonyl (C=O) groups is 3. The lowest BCUT2D eigenvalue weighted by Gasteiger charge is -2.15. The Kier molecular flexibility index (Phi) is 6.42. The van der Waals surface area contributed by atoms with Crippen molar-refractivity contribution in [3.05, 3.63) is 65.2 Å². The van der Waals surface area contributed by atoms with Crippen LogP contribution < -0.4 is 10.6 Å². The maximum Gasteiger partial charge on any atom is 0.338 e. The summed E-state index contributed by atoms with van der Waals surface area (Å²) in [5.41, 5.74) is 2.12. The molecule has 0 saturated heterocycles. The van der Waals surface area contributed by atoms with Crippen LogP contribution in [0.4, 0.5) is 5.69 Å². The third kappa shape index (κ3) is 5.19.